The Hall–Kier alpha value is -1.55. The third-order valence-corrected chi connectivity index (χ3v) is 3.80. The van der Waals surface area contributed by atoms with Crippen LogP contribution in [0, 0.1) is 0 Å². The summed E-state index contributed by atoms with van der Waals surface area (Å²) in [6.07, 6.45) is 0. The molecule has 26 heavy (non-hydrogen) atoms. The van der Waals surface area contributed by atoms with E-state index in [0.29, 0.717) is 12.5 Å². The third-order valence-electron chi connectivity index (χ3n) is 3.80. The molecule has 1 aromatic rings. The van der Waals surface area contributed by atoms with Crippen LogP contribution in [0.2, 0.25) is 0 Å². The van der Waals surface area contributed by atoms with Gasteiger partial charge >= 0.3 is 0 Å². The summed E-state index contributed by atoms with van der Waals surface area (Å²) in [6, 6.07) is 8.21. The van der Waals surface area contributed by atoms with Crippen molar-refractivity contribution in [1.82, 2.24) is 20.4 Å². The second kappa shape index (κ2) is 12.7. The lowest BCUT2D eigenvalue weighted by Crippen LogP contribution is -2.42. The van der Waals surface area contributed by atoms with E-state index in [4.69, 9.17) is 4.74 Å². The average molecular weight is 477 g/mol. The van der Waals surface area contributed by atoms with E-state index >= 15 is 0 Å². The van der Waals surface area contributed by atoms with Crippen LogP contribution in [-0.4, -0.2) is 76.6 Å². The number of carbonyl (C=O) groups excluding carboxylic acids is 1. The average Bonchev–Trinajstić information content (AvgIpc) is 2.59. The van der Waals surface area contributed by atoms with E-state index in [1.165, 1.54) is 10.5 Å². The maximum absolute atomic E-state index is 11.7. The molecule has 8 heteroatoms. The predicted octanol–water partition coefficient (Wildman–Crippen LogP) is 1.56. The molecule has 0 saturated carbocycles. The Labute approximate surface area is 174 Å². The van der Waals surface area contributed by atoms with Gasteiger partial charge in [-0.15, -0.1) is 24.0 Å². The summed E-state index contributed by atoms with van der Waals surface area (Å²) >= 11 is 0. The molecule has 1 amide bonds. The van der Waals surface area contributed by atoms with Gasteiger partial charge in [-0.05, 0) is 38.7 Å². The molecule has 1 aromatic carbocycles. The molecule has 1 unspecified atom stereocenters. The molecule has 1 rings (SSSR count). The highest BCUT2D eigenvalue weighted by Crippen LogP contribution is 2.20. The van der Waals surface area contributed by atoms with Gasteiger partial charge in [-0.25, -0.2) is 4.99 Å². The number of guanidine groups is 1. The molecule has 2 N–H and O–H groups in total. The summed E-state index contributed by atoms with van der Waals surface area (Å²) in [7, 11) is 9.19. The van der Waals surface area contributed by atoms with Crippen molar-refractivity contribution in [3.8, 4) is 5.75 Å². The molecular formula is C18H32IN5O2. The van der Waals surface area contributed by atoms with E-state index in [1.54, 1.807) is 21.2 Å². The van der Waals surface area contributed by atoms with Crippen molar-refractivity contribution in [1.29, 1.82) is 0 Å². The Kier molecular flexibility index (Phi) is 12.0. The Morgan fingerprint density at radius 1 is 1.15 bits per heavy atom. The lowest BCUT2D eigenvalue weighted by atomic mass is 10.1. The zero-order chi connectivity index (χ0) is 18.8. The summed E-state index contributed by atoms with van der Waals surface area (Å²) in [5, 5.41) is 6.49. The van der Waals surface area contributed by atoms with Crippen LogP contribution in [-0.2, 0) is 4.79 Å². The number of methoxy groups -OCH3 is 1. The SMILES string of the molecule is CCNC(=NCC(=O)N(C)C)NCC(c1ccc(OC)cc1)N(C)C.I. The fraction of sp³-hybridized carbons (Fsp3) is 0.556. The number of carbonyl (C=O) groups is 1. The minimum absolute atomic E-state index is 0. The van der Waals surface area contributed by atoms with Gasteiger partial charge in [0.05, 0.1) is 13.2 Å². The topological polar surface area (TPSA) is 69.2 Å². The fourth-order valence-electron chi connectivity index (χ4n) is 2.25. The van der Waals surface area contributed by atoms with Crippen molar-refractivity contribution in [3.63, 3.8) is 0 Å². The molecule has 148 valence electrons. The Morgan fingerprint density at radius 2 is 1.77 bits per heavy atom. The van der Waals surface area contributed by atoms with Crippen LogP contribution < -0.4 is 15.4 Å². The zero-order valence-corrected chi connectivity index (χ0v) is 18.9. The molecule has 0 saturated heterocycles. The van der Waals surface area contributed by atoms with Crippen molar-refractivity contribution >= 4 is 35.8 Å². The molecule has 0 spiro atoms. The van der Waals surface area contributed by atoms with Crippen LogP contribution >= 0.6 is 24.0 Å². The Morgan fingerprint density at radius 3 is 2.23 bits per heavy atom. The molecule has 0 aromatic heterocycles. The molecule has 0 aliphatic carbocycles. The van der Waals surface area contributed by atoms with Gasteiger partial charge in [0, 0.05) is 27.2 Å². The van der Waals surface area contributed by atoms with Crippen molar-refractivity contribution in [2.24, 2.45) is 4.99 Å². The van der Waals surface area contributed by atoms with Crippen molar-refractivity contribution in [3.05, 3.63) is 29.8 Å². The standard InChI is InChI=1S/C18H31N5O2.HI/c1-7-19-18(21-13-17(24)23(4)5)20-12-16(22(2)3)14-8-10-15(25-6)11-9-14;/h8-11,16H,7,12-13H2,1-6H3,(H2,19,20,21);1H. The number of rotatable bonds is 8. The molecule has 0 radical (unpaired) electrons. The van der Waals surface area contributed by atoms with Gasteiger partial charge in [-0.1, -0.05) is 12.1 Å². The van der Waals surface area contributed by atoms with E-state index in [0.717, 1.165) is 12.3 Å². The summed E-state index contributed by atoms with van der Waals surface area (Å²) in [5.74, 6) is 1.45. The number of benzene rings is 1. The summed E-state index contributed by atoms with van der Waals surface area (Å²) in [6.45, 7) is 3.52. The van der Waals surface area contributed by atoms with E-state index in [1.807, 2.05) is 33.2 Å². The van der Waals surface area contributed by atoms with Crippen LogP contribution in [0.15, 0.2) is 29.3 Å². The number of likely N-dealkylation sites (N-methyl/N-ethyl adjacent to an activating group) is 2. The minimum Gasteiger partial charge on any atom is -0.497 e. The van der Waals surface area contributed by atoms with Crippen LogP contribution in [0.25, 0.3) is 0 Å². The molecular weight excluding hydrogens is 445 g/mol. The Balaban J connectivity index is 0.00000625. The highest BCUT2D eigenvalue weighted by molar-refractivity contribution is 14.0. The molecule has 0 heterocycles. The first-order chi connectivity index (χ1) is 11.9. The largest absolute Gasteiger partial charge is 0.497 e. The number of ether oxygens (including phenoxy) is 1. The minimum atomic E-state index is -0.0310. The third kappa shape index (κ3) is 8.22. The first kappa shape index (κ1) is 24.5. The van der Waals surface area contributed by atoms with Crippen LogP contribution in [0.3, 0.4) is 0 Å². The van der Waals surface area contributed by atoms with Crippen LogP contribution in [0.1, 0.15) is 18.5 Å². The van der Waals surface area contributed by atoms with Crippen LogP contribution in [0.4, 0.5) is 0 Å². The quantitative estimate of drug-likeness (QED) is 0.338. The highest BCUT2D eigenvalue weighted by Gasteiger charge is 2.15. The number of nitrogens with one attached hydrogen (secondary N) is 2. The lowest BCUT2D eigenvalue weighted by molar-refractivity contribution is -0.127. The van der Waals surface area contributed by atoms with E-state index in [9.17, 15) is 4.79 Å². The second-order valence-electron chi connectivity index (χ2n) is 6.12. The summed E-state index contributed by atoms with van der Waals surface area (Å²) in [4.78, 5) is 19.8. The first-order valence-corrected chi connectivity index (χ1v) is 8.41. The van der Waals surface area contributed by atoms with Crippen molar-refractivity contribution in [2.75, 3.05) is 54.9 Å². The second-order valence-corrected chi connectivity index (χ2v) is 6.12. The first-order valence-electron chi connectivity index (χ1n) is 8.41. The molecule has 0 bridgehead atoms. The number of hydrogen-bond acceptors (Lipinski definition) is 4. The monoisotopic (exact) mass is 477 g/mol. The molecule has 1 atom stereocenters. The summed E-state index contributed by atoms with van der Waals surface area (Å²) in [5.41, 5.74) is 1.18. The van der Waals surface area contributed by atoms with Gasteiger partial charge in [0.15, 0.2) is 5.96 Å². The Bertz CT molecular complexity index is 561. The van der Waals surface area contributed by atoms with Gasteiger partial charge < -0.3 is 25.2 Å². The molecule has 0 aliphatic heterocycles. The van der Waals surface area contributed by atoms with Gasteiger partial charge in [-0.2, -0.15) is 0 Å². The molecule has 0 fully saturated rings. The van der Waals surface area contributed by atoms with Gasteiger partial charge in [0.2, 0.25) is 5.91 Å². The number of aliphatic imine (C=N–C) groups is 1. The van der Waals surface area contributed by atoms with Gasteiger partial charge in [0.1, 0.15) is 12.3 Å². The maximum atomic E-state index is 11.7. The normalized spacial score (nSPS) is 12.2. The van der Waals surface area contributed by atoms with E-state index in [-0.39, 0.29) is 42.5 Å². The predicted molar refractivity (Wildman–Crippen MR) is 118 cm³/mol. The molecule has 7 nitrogen and oxygen atoms in total. The maximum Gasteiger partial charge on any atom is 0.243 e. The van der Waals surface area contributed by atoms with E-state index in [2.05, 4.69) is 32.7 Å². The van der Waals surface area contributed by atoms with Crippen molar-refractivity contribution in [2.45, 2.75) is 13.0 Å². The summed E-state index contributed by atoms with van der Waals surface area (Å²) < 4.78 is 5.22. The zero-order valence-electron chi connectivity index (χ0n) is 16.6. The number of nitrogens with zero attached hydrogens (tertiary/aromatic N) is 3. The van der Waals surface area contributed by atoms with E-state index < -0.39 is 0 Å². The fourth-order valence-corrected chi connectivity index (χ4v) is 2.25. The van der Waals surface area contributed by atoms with Gasteiger partial charge in [-0.3, -0.25) is 4.79 Å². The number of hydrogen-bond donors (Lipinski definition) is 2. The van der Waals surface area contributed by atoms with Crippen LogP contribution in [0.5, 0.6) is 5.75 Å². The highest BCUT2D eigenvalue weighted by atomic mass is 127. The van der Waals surface area contributed by atoms with Gasteiger partial charge in [0.25, 0.3) is 0 Å². The number of amides is 1. The number of halogens is 1. The smallest absolute Gasteiger partial charge is 0.243 e. The lowest BCUT2D eigenvalue weighted by Gasteiger charge is -2.26. The molecule has 0 aliphatic rings. The van der Waals surface area contributed by atoms with Crippen molar-refractivity contribution < 1.29 is 9.53 Å².